The van der Waals surface area contributed by atoms with Gasteiger partial charge in [0.15, 0.2) is 0 Å². The molecule has 0 unspecified atom stereocenters. The summed E-state index contributed by atoms with van der Waals surface area (Å²) in [6.07, 6.45) is -0.0310. The largest absolute Gasteiger partial charge is 0.480 e. The first-order valence-corrected chi connectivity index (χ1v) is 5.03. The van der Waals surface area contributed by atoms with Crippen LogP contribution in [0.4, 0.5) is 0 Å². The highest BCUT2D eigenvalue weighted by atomic mass is 16.4. The molecule has 2 amide bonds. The summed E-state index contributed by atoms with van der Waals surface area (Å²) in [6.45, 7) is 1.13. The number of hydrogen-bond donors (Lipinski definition) is 4. The monoisotopic (exact) mass is 229 g/mol. The molecule has 1 atom stereocenters. The summed E-state index contributed by atoms with van der Waals surface area (Å²) in [4.78, 5) is 32.8. The third kappa shape index (κ3) is 3.50. The minimum Gasteiger partial charge on any atom is -0.480 e. The number of carboxylic acid groups (broad SMARTS) is 1. The van der Waals surface area contributed by atoms with Gasteiger partial charge >= 0.3 is 5.97 Å². The molecule has 1 aliphatic rings. The third-order valence-electron chi connectivity index (χ3n) is 2.45. The van der Waals surface area contributed by atoms with E-state index >= 15 is 0 Å². The minimum atomic E-state index is -1.15. The Balaban J connectivity index is 2.40. The van der Waals surface area contributed by atoms with Crippen molar-refractivity contribution < 1.29 is 19.5 Å². The third-order valence-corrected chi connectivity index (χ3v) is 2.45. The number of carbonyl (C=O) groups excluding carboxylic acids is 2. The summed E-state index contributed by atoms with van der Waals surface area (Å²) in [5.74, 6) is -2.20. The van der Waals surface area contributed by atoms with Crippen molar-refractivity contribution in [1.82, 2.24) is 10.6 Å². The first kappa shape index (κ1) is 12.4. The maximum Gasteiger partial charge on any atom is 0.326 e. The van der Waals surface area contributed by atoms with Crippen LogP contribution in [-0.4, -0.2) is 42.0 Å². The van der Waals surface area contributed by atoms with Gasteiger partial charge in [0, 0.05) is 19.5 Å². The molecule has 5 N–H and O–H groups in total. The molecule has 90 valence electrons. The summed E-state index contributed by atoms with van der Waals surface area (Å²) < 4.78 is 0. The molecule has 1 aliphatic heterocycles. The number of nitrogens with two attached hydrogens (primary N) is 1. The minimum absolute atomic E-state index is 0.0244. The normalized spacial score (nSPS) is 17.2. The predicted octanol–water partition coefficient (Wildman–Crippen LogP) is -1.96. The highest BCUT2D eigenvalue weighted by molar-refractivity contribution is 5.86. The summed E-state index contributed by atoms with van der Waals surface area (Å²) in [7, 11) is 0. The van der Waals surface area contributed by atoms with E-state index in [9.17, 15) is 14.4 Å². The van der Waals surface area contributed by atoms with Crippen LogP contribution in [0.15, 0.2) is 0 Å². The van der Waals surface area contributed by atoms with E-state index in [-0.39, 0.29) is 24.7 Å². The van der Waals surface area contributed by atoms with E-state index in [0.717, 1.165) is 0 Å². The Labute approximate surface area is 92.4 Å². The number of primary amides is 1. The van der Waals surface area contributed by atoms with Gasteiger partial charge in [0.1, 0.15) is 6.04 Å². The maximum atomic E-state index is 11.5. The van der Waals surface area contributed by atoms with Crippen LogP contribution in [0.3, 0.4) is 0 Å². The highest BCUT2D eigenvalue weighted by Gasteiger charge is 2.28. The van der Waals surface area contributed by atoms with E-state index in [1.165, 1.54) is 0 Å². The molecular weight excluding hydrogens is 214 g/mol. The zero-order valence-electron chi connectivity index (χ0n) is 8.73. The van der Waals surface area contributed by atoms with Gasteiger partial charge in [-0.25, -0.2) is 4.79 Å². The van der Waals surface area contributed by atoms with Crippen molar-refractivity contribution in [3.8, 4) is 0 Å². The molecule has 0 aromatic heterocycles. The first-order valence-electron chi connectivity index (χ1n) is 5.03. The van der Waals surface area contributed by atoms with Gasteiger partial charge in [-0.05, 0) is 6.42 Å². The molecule has 0 aromatic carbocycles. The number of aliphatic carboxylic acids is 1. The Morgan fingerprint density at radius 2 is 2.06 bits per heavy atom. The molecule has 0 radical (unpaired) electrons. The molecular formula is C9H15N3O4. The molecule has 0 spiro atoms. The van der Waals surface area contributed by atoms with E-state index in [1.54, 1.807) is 0 Å². The van der Waals surface area contributed by atoms with E-state index in [1.807, 2.05) is 0 Å². The van der Waals surface area contributed by atoms with Crippen molar-refractivity contribution in [2.24, 2.45) is 11.7 Å². The molecule has 0 bridgehead atoms. The van der Waals surface area contributed by atoms with Gasteiger partial charge < -0.3 is 21.5 Å². The lowest BCUT2D eigenvalue weighted by atomic mass is 10.0. The lowest BCUT2D eigenvalue weighted by Gasteiger charge is -2.27. The maximum absolute atomic E-state index is 11.5. The van der Waals surface area contributed by atoms with E-state index < -0.39 is 17.9 Å². The van der Waals surface area contributed by atoms with Gasteiger partial charge in [0.25, 0.3) is 0 Å². The Bertz CT molecular complexity index is 301. The molecule has 1 heterocycles. The standard InChI is InChI=1S/C9H15N3O4/c10-7(13)2-1-6(9(15)16)12-8(14)5-3-11-4-5/h5-6,11H,1-4H2,(H2,10,13)(H,12,14)(H,15,16)/t6-/m1/s1. The van der Waals surface area contributed by atoms with Gasteiger partial charge in [0.05, 0.1) is 5.92 Å². The lowest BCUT2D eigenvalue weighted by molar-refractivity contribution is -0.143. The van der Waals surface area contributed by atoms with Crippen LogP contribution < -0.4 is 16.4 Å². The second-order valence-electron chi connectivity index (χ2n) is 3.76. The van der Waals surface area contributed by atoms with Crippen LogP contribution in [0.2, 0.25) is 0 Å². The Morgan fingerprint density at radius 3 is 2.44 bits per heavy atom. The first-order chi connectivity index (χ1) is 7.50. The van der Waals surface area contributed by atoms with E-state index in [2.05, 4.69) is 10.6 Å². The van der Waals surface area contributed by atoms with Gasteiger partial charge in [0.2, 0.25) is 11.8 Å². The lowest BCUT2D eigenvalue weighted by Crippen LogP contribution is -2.54. The molecule has 0 saturated carbocycles. The highest BCUT2D eigenvalue weighted by Crippen LogP contribution is 2.05. The summed E-state index contributed by atoms with van der Waals surface area (Å²) in [5, 5.41) is 14.1. The fraction of sp³-hybridized carbons (Fsp3) is 0.667. The molecule has 7 heteroatoms. The van der Waals surface area contributed by atoms with Crippen molar-refractivity contribution in [1.29, 1.82) is 0 Å². The SMILES string of the molecule is NC(=O)CC[C@@H](NC(=O)C1CNC1)C(=O)O. The van der Waals surface area contributed by atoms with Crippen LogP contribution in [0.25, 0.3) is 0 Å². The Morgan fingerprint density at radius 1 is 1.44 bits per heavy atom. The number of hydrogen-bond acceptors (Lipinski definition) is 4. The Hall–Kier alpha value is -1.63. The predicted molar refractivity (Wildman–Crippen MR) is 54.4 cm³/mol. The molecule has 1 fully saturated rings. The average molecular weight is 229 g/mol. The molecule has 0 aromatic rings. The Kier molecular flexibility index (Phi) is 4.24. The average Bonchev–Trinajstić information content (AvgIpc) is 2.08. The van der Waals surface area contributed by atoms with Gasteiger partial charge in [-0.1, -0.05) is 0 Å². The van der Waals surface area contributed by atoms with E-state index in [0.29, 0.717) is 13.1 Å². The molecule has 1 rings (SSSR count). The van der Waals surface area contributed by atoms with Gasteiger partial charge in [-0.3, -0.25) is 9.59 Å². The molecule has 7 nitrogen and oxygen atoms in total. The van der Waals surface area contributed by atoms with Crippen LogP contribution in [0, 0.1) is 5.92 Å². The summed E-state index contributed by atoms with van der Waals surface area (Å²) >= 11 is 0. The van der Waals surface area contributed by atoms with Crippen LogP contribution in [0.5, 0.6) is 0 Å². The second kappa shape index (κ2) is 5.45. The number of nitrogens with one attached hydrogen (secondary N) is 2. The van der Waals surface area contributed by atoms with Crippen molar-refractivity contribution in [3.63, 3.8) is 0 Å². The molecule has 1 saturated heterocycles. The topological polar surface area (TPSA) is 122 Å². The zero-order valence-corrected chi connectivity index (χ0v) is 8.73. The van der Waals surface area contributed by atoms with Gasteiger partial charge in [-0.15, -0.1) is 0 Å². The number of amides is 2. The smallest absolute Gasteiger partial charge is 0.326 e. The molecule has 0 aliphatic carbocycles. The van der Waals surface area contributed by atoms with Crippen LogP contribution in [-0.2, 0) is 14.4 Å². The fourth-order valence-electron chi connectivity index (χ4n) is 1.31. The summed E-state index contributed by atoms with van der Waals surface area (Å²) in [5.41, 5.74) is 4.91. The molecule has 16 heavy (non-hydrogen) atoms. The van der Waals surface area contributed by atoms with E-state index in [4.69, 9.17) is 10.8 Å². The number of rotatable bonds is 6. The van der Waals surface area contributed by atoms with Crippen LogP contribution >= 0.6 is 0 Å². The van der Waals surface area contributed by atoms with Crippen molar-refractivity contribution in [2.75, 3.05) is 13.1 Å². The number of carbonyl (C=O) groups is 3. The van der Waals surface area contributed by atoms with Crippen molar-refractivity contribution in [3.05, 3.63) is 0 Å². The quantitative estimate of drug-likeness (QED) is 0.421. The fourth-order valence-corrected chi connectivity index (χ4v) is 1.31. The van der Waals surface area contributed by atoms with Crippen molar-refractivity contribution in [2.45, 2.75) is 18.9 Å². The summed E-state index contributed by atoms with van der Waals surface area (Å²) in [6, 6.07) is -1.04. The van der Waals surface area contributed by atoms with Crippen molar-refractivity contribution >= 4 is 17.8 Å². The van der Waals surface area contributed by atoms with Gasteiger partial charge in [-0.2, -0.15) is 0 Å². The second-order valence-corrected chi connectivity index (χ2v) is 3.76. The zero-order chi connectivity index (χ0) is 12.1. The van der Waals surface area contributed by atoms with Crippen LogP contribution in [0.1, 0.15) is 12.8 Å². The number of carboxylic acids is 1.